The van der Waals surface area contributed by atoms with Crippen LogP contribution in [0.2, 0.25) is 0 Å². The largest absolute Gasteiger partial charge is 0.324 e. The van der Waals surface area contributed by atoms with Crippen molar-refractivity contribution >= 4 is 35.3 Å². The lowest BCUT2D eigenvalue weighted by Gasteiger charge is -2.29. The number of benzene rings is 2. The Morgan fingerprint density at radius 3 is 1.61 bits per heavy atom. The Morgan fingerprint density at radius 2 is 1.21 bits per heavy atom. The van der Waals surface area contributed by atoms with Crippen molar-refractivity contribution < 1.29 is 18.4 Å². The molecule has 2 aliphatic heterocycles. The predicted molar refractivity (Wildman–Crippen MR) is 107 cm³/mol. The fourth-order valence-corrected chi connectivity index (χ4v) is 5.90. The minimum Gasteiger partial charge on any atom is -0.324 e. The zero-order chi connectivity index (χ0) is 19.7. The van der Waals surface area contributed by atoms with Crippen molar-refractivity contribution in [3.8, 4) is 0 Å². The van der Waals surface area contributed by atoms with Gasteiger partial charge in [-0.25, -0.2) is 8.78 Å². The van der Waals surface area contributed by atoms with Crippen LogP contribution in [0.5, 0.6) is 0 Å². The molecule has 2 aliphatic rings. The van der Waals surface area contributed by atoms with Crippen LogP contribution in [-0.4, -0.2) is 46.2 Å². The first-order chi connectivity index (χ1) is 13.5. The molecule has 0 radical (unpaired) electrons. The van der Waals surface area contributed by atoms with E-state index in [0.29, 0.717) is 24.6 Å². The van der Waals surface area contributed by atoms with Crippen LogP contribution in [0.15, 0.2) is 48.5 Å². The Balaban J connectivity index is 1.50. The lowest BCUT2D eigenvalue weighted by atomic mass is 10.2. The summed E-state index contributed by atoms with van der Waals surface area (Å²) in [6.07, 6.45) is 0. The fourth-order valence-electron chi connectivity index (χ4n) is 3.48. The maximum absolute atomic E-state index is 13.6. The second kappa shape index (κ2) is 8.13. The zero-order valence-corrected chi connectivity index (χ0v) is 16.5. The van der Waals surface area contributed by atoms with Crippen molar-refractivity contribution in [1.82, 2.24) is 9.80 Å². The van der Waals surface area contributed by atoms with E-state index < -0.39 is 0 Å². The minimum absolute atomic E-state index is 0.0270. The Kier molecular flexibility index (Phi) is 5.59. The molecule has 2 saturated heterocycles. The van der Waals surface area contributed by atoms with Crippen LogP contribution in [0.25, 0.3) is 0 Å². The SMILES string of the molecule is O=C1CS[C@@H](c2cccc(F)c2)N1CCN1C(=O)CS[C@H]1c1cccc(F)c1. The molecule has 4 nitrogen and oxygen atoms in total. The molecule has 146 valence electrons. The van der Waals surface area contributed by atoms with E-state index in [9.17, 15) is 18.4 Å². The molecule has 28 heavy (non-hydrogen) atoms. The first-order valence-electron chi connectivity index (χ1n) is 8.86. The van der Waals surface area contributed by atoms with Gasteiger partial charge in [0.2, 0.25) is 11.8 Å². The molecule has 2 heterocycles. The number of hydrogen-bond donors (Lipinski definition) is 0. The van der Waals surface area contributed by atoms with Gasteiger partial charge in [0.1, 0.15) is 22.4 Å². The Morgan fingerprint density at radius 1 is 0.786 bits per heavy atom. The highest BCUT2D eigenvalue weighted by Crippen LogP contribution is 2.41. The second-order valence-corrected chi connectivity index (χ2v) is 8.75. The summed E-state index contributed by atoms with van der Waals surface area (Å²) in [5.41, 5.74) is 1.47. The van der Waals surface area contributed by atoms with Gasteiger partial charge in [0.25, 0.3) is 0 Å². The Labute approximate surface area is 170 Å². The summed E-state index contributed by atoms with van der Waals surface area (Å²) in [6.45, 7) is 0.705. The average Bonchev–Trinajstić information content (AvgIpc) is 3.22. The van der Waals surface area contributed by atoms with Gasteiger partial charge in [-0.05, 0) is 35.4 Å². The smallest absolute Gasteiger partial charge is 0.233 e. The first kappa shape index (κ1) is 19.3. The molecule has 2 amide bonds. The molecule has 2 aromatic rings. The maximum Gasteiger partial charge on any atom is 0.233 e. The number of amides is 2. The van der Waals surface area contributed by atoms with Gasteiger partial charge in [0.05, 0.1) is 11.5 Å². The van der Waals surface area contributed by atoms with Crippen LogP contribution in [0.4, 0.5) is 8.78 Å². The third-order valence-electron chi connectivity index (χ3n) is 4.79. The van der Waals surface area contributed by atoms with Gasteiger partial charge < -0.3 is 9.80 Å². The lowest BCUT2D eigenvalue weighted by Crippen LogP contribution is -2.39. The summed E-state index contributed by atoms with van der Waals surface area (Å²) >= 11 is 2.91. The molecule has 2 aromatic carbocycles. The normalized spacial score (nSPS) is 22.4. The Hall–Kier alpha value is -2.06. The standard InChI is InChI=1S/C20H18F2N2O2S2/c21-15-5-1-3-13(9-15)19-23(17(25)11-27-19)7-8-24-18(26)12-28-20(24)14-4-2-6-16(22)10-14/h1-6,9-10,19-20H,7-8,11-12H2/t19-,20-/m0/s1. The monoisotopic (exact) mass is 420 g/mol. The van der Waals surface area contributed by atoms with Crippen LogP contribution >= 0.6 is 23.5 Å². The molecule has 0 N–H and O–H groups in total. The molecule has 0 aromatic heterocycles. The van der Waals surface area contributed by atoms with Crippen molar-refractivity contribution in [1.29, 1.82) is 0 Å². The minimum atomic E-state index is -0.338. The number of carbonyl (C=O) groups is 2. The molecule has 0 saturated carbocycles. The van der Waals surface area contributed by atoms with Crippen molar-refractivity contribution in [2.45, 2.75) is 10.7 Å². The summed E-state index contributed by atoms with van der Waals surface area (Å²) < 4.78 is 27.2. The van der Waals surface area contributed by atoms with Crippen LogP contribution in [-0.2, 0) is 9.59 Å². The first-order valence-corrected chi connectivity index (χ1v) is 11.0. The molecular formula is C20H18F2N2O2S2. The predicted octanol–water partition coefficient (Wildman–Crippen LogP) is 3.81. The van der Waals surface area contributed by atoms with E-state index in [1.165, 1.54) is 47.8 Å². The van der Waals surface area contributed by atoms with E-state index >= 15 is 0 Å². The molecule has 0 unspecified atom stereocenters. The highest BCUT2D eigenvalue weighted by atomic mass is 32.2. The van der Waals surface area contributed by atoms with Crippen molar-refractivity contribution in [3.05, 3.63) is 71.3 Å². The van der Waals surface area contributed by atoms with Gasteiger partial charge in [-0.1, -0.05) is 24.3 Å². The van der Waals surface area contributed by atoms with E-state index in [2.05, 4.69) is 0 Å². The summed E-state index contributed by atoms with van der Waals surface area (Å²) in [6, 6.07) is 12.5. The van der Waals surface area contributed by atoms with Crippen molar-refractivity contribution in [2.24, 2.45) is 0 Å². The van der Waals surface area contributed by atoms with Gasteiger partial charge in [-0.15, -0.1) is 23.5 Å². The van der Waals surface area contributed by atoms with E-state index in [-0.39, 0.29) is 34.2 Å². The zero-order valence-electron chi connectivity index (χ0n) is 14.9. The number of rotatable bonds is 5. The van der Waals surface area contributed by atoms with Gasteiger partial charge in [-0.2, -0.15) is 0 Å². The van der Waals surface area contributed by atoms with Gasteiger partial charge >= 0.3 is 0 Å². The summed E-state index contributed by atoms with van der Waals surface area (Å²) in [5.74, 6) is -0.0693. The molecule has 2 atom stereocenters. The molecule has 0 spiro atoms. The van der Waals surface area contributed by atoms with Crippen molar-refractivity contribution in [2.75, 3.05) is 24.6 Å². The van der Waals surface area contributed by atoms with Gasteiger partial charge in [0, 0.05) is 13.1 Å². The summed E-state index contributed by atoms with van der Waals surface area (Å²) in [4.78, 5) is 28.1. The topological polar surface area (TPSA) is 40.6 Å². The van der Waals surface area contributed by atoms with Crippen LogP contribution in [0.3, 0.4) is 0 Å². The number of carbonyl (C=O) groups excluding carboxylic acids is 2. The quantitative estimate of drug-likeness (QED) is 0.738. The van der Waals surface area contributed by atoms with Gasteiger partial charge in [-0.3, -0.25) is 9.59 Å². The van der Waals surface area contributed by atoms with E-state index in [1.54, 1.807) is 34.1 Å². The second-order valence-electron chi connectivity index (χ2n) is 6.61. The third-order valence-corrected chi connectivity index (χ3v) is 7.30. The number of nitrogens with zero attached hydrogens (tertiary/aromatic N) is 2. The summed E-state index contributed by atoms with van der Waals surface area (Å²) in [5, 5.41) is -0.526. The van der Waals surface area contributed by atoms with Crippen LogP contribution in [0, 0.1) is 11.6 Å². The molecule has 2 fully saturated rings. The molecular weight excluding hydrogens is 402 g/mol. The third kappa shape index (κ3) is 3.89. The van der Waals surface area contributed by atoms with Crippen LogP contribution in [0.1, 0.15) is 21.9 Å². The van der Waals surface area contributed by atoms with E-state index in [1.807, 2.05) is 0 Å². The lowest BCUT2D eigenvalue weighted by molar-refractivity contribution is -0.132. The van der Waals surface area contributed by atoms with Gasteiger partial charge in [0.15, 0.2) is 0 Å². The summed E-state index contributed by atoms with van der Waals surface area (Å²) in [7, 11) is 0. The highest BCUT2D eigenvalue weighted by Gasteiger charge is 2.36. The van der Waals surface area contributed by atoms with Crippen LogP contribution < -0.4 is 0 Å². The number of hydrogen-bond acceptors (Lipinski definition) is 4. The fraction of sp³-hybridized carbons (Fsp3) is 0.300. The van der Waals surface area contributed by atoms with Crippen molar-refractivity contribution in [3.63, 3.8) is 0 Å². The Bertz CT molecular complexity index is 838. The average molecular weight is 421 g/mol. The molecule has 0 bridgehead atoms. The maximum atomic E-state index is 13.6. The van der Waals surface area contributed by atoms with E-state index in [0.717, 1.165) is 11.1 Å². The molecule has 0 aliphatic carbocycles. The number of thioether (sulfide) groups is 2. The van der Waals surface area contributed by atoms with E-state index in [4.69, 9.17) is 0 Å². The number of halogens is 2. The highest BCUT2D eigenvalue weighted by molar-refractivity contribution is 8.00. The molecule has 8 heteroatoms. The molecule has 4 rings (SSSR count).